The molecule has 86 valence electrons. The Morgan fingerprint density at radius 2 is 2.29 bits per heavy atom. The highest BCUT2D eigenvalue weighted by molar-refractivity contribution is 5.92. The van der Waals surface area contributed by atoms with Gasteiger partial charge in [0.25, 0.3) is 0 Å². The predicted octanol–water partition coefficient (Wildman–Crippen LogP) is 1.97. The first-order valence-electron chi connectivity index (χ1n) is 5.18. The molecular formula is C12H9NO4. The summed E-state index contributed by atoms with van der Waals surface area (Å²) in [5.41, 5.74) is 1.71. The van der Waals surface area contributed by atoms with E-state index in [1.165, 1.54) is 0 Å². The lowest BCUT2D eigenvalue weighted by atomic mass is 10.1. The standard InChI is InChI=1S/C12H9NO4/c14-12(15)10-11(17-6-13-10)8-1-2-9-7(5-8)3-4-16-9/h1-2,5-6H,3-4H2,(H,14,15). The average molecular weight is 231 g/mol. The van der Waals surface area contributed by atoms with E-state index in [0.717, 1.165) is 24.1 Å². The van der Waals surface area contributed by atoms with Crippen molar-refractivity contribution in [1.29, 1.82) is 0 Å². The average Bonchev–Trinajstić information content (AvgIpc) is 2.96. The van der Waals surface area contributed by atoms with Gasteiger partial charge in [-0.1, -0.05) is 0 Å². The van der Waals surface area contributed by atoms with Crippen LogP contribution in [0.2, 0.25) is 0 Å². The Bertz CT molecular complexity index is 588. The van der Waals surface area contributed by atoms with Crippen molar-refractivity contribution in [3.05, 3.63) is 35.9 Å². The maximum Gasteiger partial charge on any atom is 0.358 e. The second kappa shape index (κ2) is 3.62. The molecule has 1 aliphatic rings. The number of benzene rings is 1. The Morgan fingerprint density at radius 1 is 1.41 bits per heavy atom. The van der Waals surface area contributed by atoms with Crippen molar-refractivity contribution in [3.8, 4) is 17.1 Å². The van der Waals surface area contributed by atoms with Crippen LogP contribution in [0.4, 0.5) is 0 Å². The number of carbonyl (C=O) groups is 1. The summed E-state index contributed by atoms with van der Waals surface area (Å²) in [6.07, 6.45) is 1.97. The Kier molecular flexibility index (Phi) is 2.11. The molecule has 0 aliphatic carbocycles. The smallest absolute Gasteiger partial charge is 0.358 e. The number of nitrogens with zero attached hydrogens (tertiary/aromatic N) is 1. The first-order valence-corrected chi connectivity index (χ1v) is 5.18. The molecule has 1 aliphatic heterocycles. The van der Waals surface area contributed by atoms with E-state index in [1.807, 2.05) is 12.1 Å². The number of aromatic nitrogens is 1. The van der Waals surface area contributed by atoms with Gasteiger partial charge in [-0.3, -0.25) is 0 Å². The Balaban J connectivity index is 2.09. The second-order valence-corrected chi connectivity index (χ2v) is 3.76. The van der Waals surface area contributed by atoms with Crippen LogP contribution < -0.4 is 4.74 Å². The van der Waals surface area contributed by atoms with Gasteiger partial charge in [-0.25, -0.2) is 9.78 Å². The van der Waals surface area contributed by atoms with Crippen molar-refractivity contribution >= 4 is 5.97 Å². The molecule has 1 aromatic heterocycles. The summed E-state index contributed by atoms with van der Waals surface area (Å²) in [6, 6.07) is 5.48. The van der Waals surface area contributed by atoms with E-state index in [9.17, 15) is 4.79 Å². The summed E-state index contributed by atoms with van der Waals surface area (Å²) in [5, 5.41) is 8.96. The highest BCUT2D eigenvalue weighted by Gasteiger charge is 2.19. The van der Waals surface area contributed by atoms with Gasteiger partial charge >= 0.3 is 5.97 Å². The molecule has 0 unspecified atom stereocenters. The minimum atomic E-state index is -1.09. The third-order valence-electron chi connectivity index (χ3n) is 2.72. The fraction of sp³-hybridized carbons (Fsp3) is 0.167. The zero-order chi connectivity index (χ0) is 11.8. The maximum atomic E-state index is 10.9. The summed E-state index contributed by atoms with van der Waals surface area (Å²) < 4.78 is 10.5. The number of oxazole rings is 1. The number of hydrogen-bond donors (Lipinski definition) is 1. The normalized spacial score (nSPS) is 13.2. The molecule has 5 heteroatoms. The molecule has 0 amide bonds. The molecular weight excluding hydrogens is 222 g/mol. The van der Waals surface area contributed by atoms with Crippen LogP contribution in [0.15, 0.2) is 29.0 Å². The SMILES string of the molecule is O=C(O)c1ncoc1-c1ccc2c(c1)CCO2. The molecule has 1 N–H and O–H groups in total. The van der Waals surface area contributed by atoms with Crippen molar-refractivity contribution < 1.29 is 19.1 Å². The molecule has 2 aromatic rings. The minimum Gasteiger partial charge on any atom is -0.493 e. The van der Waals surface area contributed by atoms with Gasteiger partial charge in [0.1, 0.15) is 5.75 Å². The molecule has 17 heavy (non-hydrogen) atoms. The van der Waals surface area contributed by atoms with Crippen LogP contribution in [-0.4, -0.2) is 22.7 Å². The number of fused-ring (bicyclic) bond motifs is 1. The van der Waals surface area contributed by atoms with Gasteiger partial charge < -0.3 is 14.3 Å². The van der Waals surface area contributed by atoms with Crippen molar-refractivity contribution in [3.63, 3.8) is 0 Å². The van der Waals surface area contributed by atoms with Gasteiger partial charge in [-0.15, -0.1) is 0 Å². The van der Waals surface area contributed by atoms with Crippen LogP contribution in [-0.2, 0) is 6.42 Å². The van der Waals surface area contributed by atoms with Gasteiger partial charge in [0.15, 0.2) is 17.8 Å². The van der Waals surface area contributed by atoms with Gasteiger partial charge in [0.05, 0.1) is 6.61 Å². The zero-order valence-corrected chi connectivity index (χ0v) is 8.84. The first-order chi connectivity index (χ1) is 8.25. The molecule has 0 saturated carbocycles. The molecule has 0 fully saturated rings. The van der Waals surface area contributed by atoms with E-state index in [4.69, 9.17) is 14.3 Å². The molecule has 0 bridgehead atoms. The van der Waals surface area contributed by atoms with E-state index in [2.05, 4.69) is 4.98 Å². The summed E-state index contributed by atoms with van der Waals surface area (Å²) in [4.78, 5) is 14.6. The highest BCUT2D eigenvalue weighted by atomic mass is 16.5. The number of carboxylic acid groups (broad SMARTS) is 1. The molecule has 2 heterocycles. The first kappa shape index (κ1) is 9.89. The highest BCUT2D eigenvalue weighted by Crippen LogP contribution is 2.31. The Morgan fingerprint density at radius 3 is 3.12 bits per heavy atom. The lowest BCUT2D eigenvalue weighted by Crippen LogP contribution is -1.98. The van der Waals surface area contributed by atoms with E-state index >= 15 is 0 Å². The monoisotopic (exact) mass is 231 g/mol. The van der Waals surface area contributed by atoms with Crippen LogP contribution in [0, 0.1) is 0 Å². The fourth-order valence-electron chi connectivity index (χ4n) is 1.93. The molecule has 0 radical (unpaired) electrons. The Labute approximate surface area is 96.7 Å². The van der Waals surface area contributed by atoms with Crippen molar-refractivity contribution in [2.24, 2.45) is 0 Å². The van der Waals surface area contributed by atoms with Gasteiger partial charge in [0, 0.05) is 12.0 Å². The molecule has 0 spiro atoms. The van der Waals surface area contributed by atoms with E-state index in [0.29, 0.717) is 12.2 Å². The third-order valence-corrected chi connectivity index (χ3v) is 2.72. The van der Waals surface area contributed by atoms with Gasteiger partial charge in [-0.05, 0) is 23.8 Å². The molecule has 5 nitrogen and oxygen atoms in total. The Hall–Kier alpha value is -2.30. The van der Waals surface area contributed by atoms with Crippen LogP contribution in [0.3, 0.4) is 0 Å². The van der Waals surface area contributed by atoms with E-state index < -0.39 is 5.97 Å². The molecule has 0 saturated heterocycles. The molecule has 1 aromatic carbocycles. The summed E-state index contributed by atoms with van der Waals surface area (Å²) in [7, 11) is 0. The molecule has 3 rings (SSSR count). The zero-order valence-electron chi connectivity index (χ0n) is 8.84. The molecule has 0 atom stereocenters. The topological polar surface area (TPSA) is 72.6 Å². The second-order valence-electron chi connectivity index (χ2n) is 3.76. The van der Waals surface area contributed by atoms with Crippen molar-refractivity contribution in [2.45, 2.75) is 6.42 Å². The number of aromatic carboxylic acids is 1. The van der Waals surface area contributed by atoms with Crippen LogP contribution in [0.25, 0.3) is 11.3 Å². The van der Waals surface area contributed by atoms with Gasteiger partial charge in [0.2, 0.25) is 0 Å². The number of hydrogen-bond acceptors (Lipinski definition) is 4. The van der Waals surface area contributed by atoms with E-state index in [-0.39, 0.29) is 11.5 Å². The quantitative estimate of drug-likeness (QED) is 0.855. The fourth-order valence-corrected chi connectivity index (χ4v) is 1.93. The largest absolute Gasteiger partial charge is 0.493 e. The predicted molar refractivity (Wildman–Crippen MR) is 58.1 cm³/mol. The maximum absolute atomic E-state index is 10.9. The van der Waals surface area contributed by atoms with Crippen LogP contribution in [0.5, 0.6) is 5.75 Å². The number of carboxylic acids is 1. The lowest BCUT2D eigenvalue weighted by molar-refractivity contribution is 0.0691. The van der Waals surface area contributed by atoms with Crippen molar-refractivity contribution in [2.75, 3.05) is 6.61 Å². The van der Waals surface area contributed by atoms with Crippen LogP contribution >= 0.6 is 0 Å². The summed E-state index contributed by atoms with van der Waals surface area (Å²) in [6.45, 7) is 0.668. The summed E-state index contributed by atoms with van der Waals surface area (Å²) >= 11 is 0. The third kappa shape index (κ3) is 1.56. The van der Waals surface area contributed by atoms with E-state index in [1.54, 1.807) is 6.07 Å². The van der Waals surface area contributed by atoms with Gasteiger partial charge in [-0.2, -0.15) is 0 Å². The van der Waals surface area contributed by atoms with Crippen LogP contribution in [0.1, 0.15) is 16.1 Å². The van der Waals surface area contributed by atoms with Crippen molar-refractivity contribution in [1.82, 2.24) is 4.98 Å². The number of ether oxygens (including phenoxy) is 1. The lowest BCUT2D eigenvalue weighted by Gasteiger charge is -2.01. The summed E-state index contributed by atoms with van der Waals surface area (Å²) in [5.74, 6) is 0.0443. The number of rotatable bonds is 2. The minimum absolute atomic E-state index is 0.0659.